The lowest BCUT2D eigenvalue weighted by Gasteiger charge is -2.37. The third-order valence-corrected chi connectivity index (χ3v) is 7.89. The van der Waals surface area contributed by atoms with Crippen molar-refractivity contribution in [3.05, 3.63) is 65.7 Å². The first kappa shape index (κ1) is 25.0. The molecule has 178 valence electrons. The minimum Gasteiger partial charge on any atom is -0.487 e. The van der Waals surface area contributed by atoms with Crippen molar-refractivity contribution in [3.63, 3.8) is 0 Å². The van der Waals surface area contributed by atoms with Crippen molar-refractivity contribution in [3.8, 4) is 5.75 Å². The molecule has 0 radical (unpaired) electrons. The van der Waals surface area contributed by atoms with E-state index in [4.69, 9.17) is 4.74 Å². The Morgan fingerprint density at radius 1 is 1.27 bits per heavy atom. The van der Waals surface area contributed by atoms with Crippen LogP contribution in [-0.2, 0) is 10.0 Å². The molecule has 1 amide bonds. The number of carbonyl (C=O) groups is 1. The molecule has 0 aromatic heterocycles. The van der Waals surface area contributed by atoms with Crippen molar-refractivity contribution in [2.24, 2.45) is 5.92 Å². The Bertz CT molecular complexity index is 1100. The number of nitrogens with zero attached hydrogens (tertiary/aromatic N) is 2. The van der Waals surface area contributed by atoms with E-state index in [1.165, 1.54) is 4.31 Å². The lowest BCUT2D eigenvalue weighted by atomic mass is 10.0. The molecule has 3 rings (SSSR count). The average Bonchev–Trinajstić information content (AvgIpc) is 2.81. The highest BCUT2D eigenvalue weighted by Crippen LogP contribution is 2.34. The monoisotopic (exact) mass is 472 g/mol. The largest absolute Gasteiger partial charge is 0.487 e. The third kappa shape index (κ3) is 5.46. The van der Waals surface area contributed by atoms with E-state index < -0.39 is 22.2 Å². The van der Waals surface area contributed by atoms with Gasteiger partial charge < -0.3 is 14.7 Å². The Labute approximate surface area is 196 Å². The molecule has 0 aliphatic carbocycles. The van der Waals surface area contributed by atoms with Crippen molar-refractivity contribution < 1.29 is 23.1 Å². The minimum absolute atomic E-state index is 0.0602. The van der Waals surface area contributed by atoms with Gasteiger partial charge in [-0.05, 0) is 43.7 Å². The van der Waals surface area contributed by atoms with Crippen molar-refractivity contribution in [1.29, 1.82) is 0 Å². The van der Waals surface area contributed by atoms with Crippen LogP contribution in [0.3, 0.4) is 0 Å². The molecule has 2 aromatic rings. The van der Waals surface area contributed by atoms with E-state index in [1.807, 2.05) is 44.2 Å². The summed E-state index contributed by atoms with van der Waals surface area (Å²) in [5, 5.41) is 9.74. The van der Waals surface area contributed by atoms with Crippen LogP contribution in [0.25, 0.3) is 6.08 Å². The minimum atomic E-state index is -3.89. The number of sulfonamides is 1. The molecule has 0 saturated heterocycles. The van der Waals surface area contributed by atoms with E-state index in [0.717, 1.165) is 5.56 Å². The van der Waals surface area contributed by atoms with E-state index in [2.05, 4.69) is 0 Å². The molecule has 1 aliphatic rings. The van der Waals surface area contributed by atoms with Gasteiger partial charge in [-0.15, -0.1) is 0 Å². The Hall–Kier alpha value is -2.68. The Balaban J connectivity index is 2.01. The molecule has 0 fully saturated rings. The van der Waals surface area contributed by atoms with Crippen molar-refractivity contribution in [2.75, 3.05) is 26.7 Å². The van der Waals surface area contributed by atoms with Gasteiger partial charge in [0, 0.05) is 31.1 Å². The van der Waals surface area contributed by atoms with E-state index in [-0.39, 0.29) is 42.2 Å². The zero-order chi connectivity index (χ0) is 24.2. The Morgan fingerprint density at radius 3 is 2.61 bits per heavy atom. The lowest BCUT2D eigenvalue weighted by Crippen LogP contribution is -2.50. The van der Waals surface area contributed by atoms with Crippen LogP contribution in [0, 0.1) is 5.92 Å². The molecule has 0 bridgehead atoms. The summed E-state index contributed by atoms with van der Waals surface area (Å²) in [4.78, 5) is 14.6. The summed E-state index contributed by atoms with van der Waals surface area (Å²) in [6.07, 6.45) is 3.28. The number of allylic oxidation sites excluding steroid dienone is 1. The highest BCUT2D eigenvalue weighted by molar-refractivity contribution is 7.89. The highest BCUT2D eigenvalue weighted by Gasteiger charge is 2.38. The predicted octanol–water partition coefficient (Wildman–Crippen LogP) is 3.26. The lowest BCUT2D eigenvalue weighted by molar-refractivity contribution is 0.0563. The van der Waals surface area contributed by atoms with Crippen LogP contribution in [0.5, 0.6) is 5.75 Å². The second-order valence-corrected chi connectivity index (χ2v) is 10.4. The molecule has 0 spiro atoms. The van der Waals surface area contributed by atoms with Crippen molar-refractivity contribution in [1.82, 2.24) is 9.21 Å². The molecule has 1 aliphatic heterocycles. The molecule has 2 aromatic carbocycles. The Morgan fingerprint density at radius 2 is 1.97 bits per heavy atom. The first-order valence-corrected chi connectivity index (χ1v) is 12.5. The summed E-state index contributed by atoms with van der Waals surface area (Å²) in [6, 6.07) is 13.4. The second kappa shape index (κ2) is 10.5. The van der Waals surface area contributed by atoms with Crippen LogP contribution in [0.1, 0.15) is 36.7 Å². The van der Waals surface area contributed by atoms with E-state index in [0.29, 0.717) is 5.56 Å². The van der Waals surface area contributed by atoms with Gasteiger partial charge in [-0.25, -0.2) is 8.42 Å². The molecule has 33 heavy (non-hydrogen) atoms. The molecule has 3 atom stereocenters. The number of amides is 1. The highest BCUT2D eigenvalue weighted by atomic mass is 32.2. The van der Waals surface area contributed by atoms with E-state index >= 15 is 0 Å². The number of hydrogen-bond acceptors (Lipinski definition) is 5. The van der Waals surface area contributed by atoms with Crippen molar-refractivity contribution in [2.45, 2.75) is 37.8 Å². The van der Waals surface area contributed by atoms with Gasteiger partial charge in [0.1, 0.15) is 16.7 Å². The van der Waals surface area contributed by atoms with E-state index in [9.17, 15) is 18.3 Å². The van der Waals surface area contributed by atoms with Gasteiger partial charge in [0.15, 0.2) is 0 Å². The van der Waals surface area contributed by atoms with Gasteiger partial charge >= 0.3 is 0 Å². The number of hydrogen-bond donors (Lipinski definition) is 1. The predicted molar refractivity (Wildman–Crippen MR) is 129 cm³/mol. The molecule has 0 saturated carbocycles. The summed E-state index contributed by atoms with van der Waals surface area (Å²) in [5.74, 6) is -0.124. The number of aliphatic hydroxyl groups is 1. The van der Waals surface area contributed by atoms with Gasteiger partial charge in [0.05, 0.1) is 13.2 Å². The number of aliphatic hydroxyl groups excluding tert-OH is 1. The third-order valence-electron chi connectivity index (χ3n) is 5.87. The fourth-order valence-corrected chi connectivity index (χ4v) is 5.74. The van der Waals surface area contributed by atoms with Crippen molar-refractivity contribution >= 4 is 22.0 Å². The zero-order valence-corrected chi connectivity index (χ0v) is 20.3. The SMILES string of the molecule is CC=Cc1ccc2c(c1)O[C@H](CN(C)C(=O)c1ccccc1)[C@H](C)CN([C@H](C)CO)S2(=O)=O. The summed E-state index contributed by atoms with van der Waals surface area (Å²) in [7, 11) is -2.17. The Kier molecular flexibility index (Phi) is 7.94. The van der Waals surface area contributed by atoms with Crippen LogP contribution in [-0.4, -0.2) is 67.5 Å². The quantitative estimate of drug-likeness (QED) is 0.697. The smallest absolute Gasteiger partial charge is 0.253 e. The van der Waals surface area contributed by atoms with Crippen LogP contribution in [0.4, 0.5) is 0 Å². The van der Waals surface area contributed by atoms with Gasteiger partial charge in [-0.1, -0.05) is 43.3 Å². The second-order valence-electron chi connectivity index (χ2n) is 8.50. The number of rotatable bonds is 6. The number of ether oxygens (including phenoxy) is 1. The van der Waals surface area contributed by atoms with Crippen LogP contribution in [0.2, 0.25) is 0 Å². The average molecular weight is 473 g/mol. The maximum Gasteiger partial charge on any atom is 0.253 e. The number of fused-ring (bicyclic) bond motifs is 1. The van der Waals surface area contributed by atoms with Gasteiger partial charge in [0.25, 0.3) is 5.91 Å². The maximum absolute atomic E-state index is 13.5. The summed E-state index contributed by atoms with van der Waals surface area (Å²) in [5.41, 5.74) is 1.39. The fourth-order valence-electron chi connectivity index (χ4n) is 3.91. The maximum atomic E-state index is 13.5. The molecule has 1 N–H and O–H groups in total. The normalized spacial score (nSPS) is 21.5. The summed E-state index contributed by atoms with van der Waals surface area (Å²) in [6.45, 7) is 5.62. The van der Waals surface area contributed by atoms with Gasteiger partial charge in [0.2, 0.25) is 10.0 Å². The first-order chi connectivity index (χ1) is 15.7. The van der Waals surface area contributed by atoms with E-state index in [1.54, 1.807) is 49.2 Å². The topological polar surface area (TPSA) is 87.2 Å². The summed E-state index contributed by atoms with van der Waals surface area (Å²) < 4.78 is 34.6. The van der Waals surface area contributed by atoms with Gasteiger partial charge in [-0.2, -0.15) is 4.31 Å². The van der Waals surface area contributed by atoms with Crippen LogP contribution in [0.15, 0.2) is 59.5 Å². The molecule has 1 heterocycles. The molecular formula is C25H32N2O5S. The first-order valence-electron chi connectivity index (χ1n) is 11.1. The zero-order valence-electron chi connectivity index (χ0n) is 19.5. The number of benzene rings is 2. The number of likely N-dealkylation sites (N-methyl/N-ethyl adjacent to an activating group) is 1. The van der Waals surface area contributed by atoms with Gasteiger partial charge in [-0.3, -0.25) is 4.79 Å². The summed E-state index contributed by atoms with van der Waals surface area (Å²) >= 11 is 0. The fraction of sp³-hybridized carbons (Fsp3) is 0.400. The van der Waals surface area contributed by atoms with Crippen LogP contribution >= 0.6 is 0 Å². The molecule has 7 nitrogen and oxygen atoms in total. The number of carbonyl (C=O) groups excluding carboxylic acids is 1. The standard InChI is InChI=1S/C25H32N2O5S/c1-5-9-20-12-13-24-22(14-20)32-23(16-26(4)25(29)21-10-7-6-8-11-21)18(2)15-27(19(3)17-28)33(24,30)31/h5-14,18-19,23,28H,15-17H2,1-4H3/t18-,19-,23-/m1/s1. The molecule has 8 heteroatoms. The molecule has 0 unspecified atom stereocenters. The van der Waals surface area contributed by atoms with Crippen LogP contribution < -0.4 is 4.74 Å². The molecular weight excluding hydrogens is 440 g/mol.